The first-order valence-corrected chi connectivity index (χ1v) is 9.31. The van der Waals surface area contributed by atoms with Gasteiger partial charge in [-0.05, 0) is 60.3 Å². The van der Waals surface area contributed by atoms with Gasteiger partial charge in [0.15, 0.2) is 0 Å². The Morgan fingerprint density at radius 3 is 2.50 bits per heavy atom. The lowest BCUT2D eigenvalue weighted by Crippen LogP contribution is -2.48. The Kier molecular flexibility index (Phi) is 3.79. The third-order valence-corrected chi connectivity index (χ3v) is 6.44. The number of nitrogens with one attached hydrogen (secondary N) is 1. The van der Waals surface area contributed by atoms with Gasteiger partial charge in [-0.1, -0.05) is 35.0 Å². The number of carboxylic acid groups (broad SMARTS) is 1. The second-order valence-electron chi connectivity index (χ2n) is 7.14. The molecule has 6 atom stereocenters. The number of halogens is 1. The lowest BCUT2D eigenvalue weighted by molar-refractivity contribution is -0.152. The van der Waals surface area contributed by atoms with Gasteiger partial charge in [0.2, 0.25) is 5.91 Å². The predicted octanol–water partition coefficient (Wildman–Crippen LogP) is 3.72. The SMILES string of the molecule is CCc1cc(Br)ccc1NC(=O)[C@@H]1[C@H]2C=C[C@@H]([C@@H]3C[C@@H]23)[C@@H]1C(=O)O. The first kappa shape index (κ1) is 15.9. The van der Waals surface area contributed by atoms with Crippen molar-refractivity contribution in [3.63, 3.8) is 0 Å². The minimum absolute atomic E-state index is 0.0174. The topological polar surface area (TPSA) is 66.4 Å². The average molecular weight is 390 g/mol. The van der Waals surface area contributed by atoms with E-state index in [2.05, 4.69) is 27.3 Å². The summed E-state index contributed by atoms with van der Waals surface area (Å²) in [7, 11) is 0. The van der Waals surface area contributed by atoms with Crippen LogP contribution in [0.3, 0.4) is 0 Å². The fourth-order valence-electron chi connectivity index (χ4n) is 4.76. The van der Waals surface area contributed by atoms with Crippen LogP contribution in [0.4, 0.5) is 5.69 Å². The molecule has 1 aromatic carbocycles. The summed E-state index contributed by atoms with van der Waals surface area (Å²) >= 11 is 3.45. The number of carboxylic acids is 1. The largest absolute Gasteiger partial charge is 0.481 e. The van der Waals surface area contributed by atoms with E-state index in [9.17, 15) is 14.7 Å². The fourth-order valence-corrected chi connectivity index (χ4v) is 5.17. The van der Waals surface area contributed by atoms with Crippen LogP contribution in [-0.2, 0) is 16.0 Å². The van der Waals surface area contributed by atoms with E-state index in [4.69, 9.17) is 0 Å². The molecule has 1 amide bonds. The molecule has 1 aromatic rings. The summed E-state index contributed by atoms with van der Waals surface area (Å²) in [6.45, 7) is 2.04. The highest BCUT2D eigenvalue weighted by Gasteiger charge is 2.62. The van der Waals surface area contributed by atoms with E-state index in [-0.39, 0.29) is 17.7 Å². The summed E-state index contributed by atoms with van der Waals surface area (Å²) in [5.74, 6) is -0.981. The van der Waals surface area contributed by atoms with Crippen LogP contribution in [0.2, 0.25) is 0 Å². The zero-order chi connectivity index (χ0) is 17.0. The molecule has 0 unspecified atom stereocenters. The standard InChI is InChI=1S/C19H20BrNO3/c1-2-9-7-10(20)3-6-15(9)21-18(22)16-11-4-5-12(14-8-13(11)14)17(16)19(23)24/h3-7,11-14,16-17H,2,8H2,1H3,(H,21,22)(H,23,24)/t11-,12-,13-,14-,16+,17-/m0/s1. The summed E-state index contributed by atoms with van der Waals surface area (Å²) in [6, 6.07) is 5.77. The second-order valence-corrected chi connectivity index (χ2v) is 8.05. The molecule has 0 radical (unpaired) electrons. The van der Waals surface area contributed by atoms with Gasteiger partial charge in [-0.15, -0.1) is 0 Å². The molecule has 126 valence electrons. The van der Waals surface area contributed by atoms with Crippen molar-refractivity contribution in [3.8, 4) is 0 Å². The van der Waals surface area contributed by atoms with E-state index < -0.39 is 17.8 Å². The third kappa shape index (κ3) is 2.41. The number of aliphatic carboxylic acids is 1. The average Bonchev–Trinajstić information content (AvgIpc) is 3.37. The van der Waals surface area contributed by atoms with E-state index in [1.165, 1.54) is 0 Å². The highest BCUT2D eigenvalue weighted by molar-refractivity contribution is 9.10. The van der Waals surface area contributed by atoms with Crippen LogP contribution >= 0.6 is 15.9 Å². The Hall–Kier alpha value is -1.62. The summed E-state index contributed by atoms with van der Waals surface area (Å²) in [4.78, 5) is 24.8. The zero-order valence-electron chi connectivity index (χ0n) is 13.4. The van der Waals surface area contributed by atoms with Crippen molar-refractivity contribution in [3.05, 3.63) is 40.4 Å². The summed E-state index contributed by atoms with van der Waals surface area (Å²) in [5.41, 5.74) is 1.83. The molecule has 24 heavy (non-hydrogen) atoms. The summed E-state index contributed by atoms with van der Waals surface area (Å²) < 4.78 is 0.973. The fraction of sp³-hybridized carbons (Fsp3) is 0.474. The Morgan fingerprint density at radius 2 is 1.88 bits per heavy atom. The van der Waals surface area contributed by atoms with E-state index in [0.29, 0.717) is 11.8 Å². The van der Waals surface area contributed by atoms with Crippen molar-refractivity contribution in [2.24, 2.45) is 35.5 Å². The number of hydrogen-bond acceptors (Lipinski definition) is 2. The number of allylic oxidation sites excluding steroid dienone is 2. The molecule has 0 spiro atoms. The first-order chi connectivity index (χ1) is 11.5. The normalized spacial score (nSPS) is 35.4. The first-order valence-electron chi connectivity index (χ1n) is 8.51. The molecule has 5 heteroatoms. The molecule has 2 saturated carbocycles. The van der Waals surface area contributed by atoms with Gasteiger partial charge in [0.1, 0.15) is 0 Å². The van der Waals surface area contributed by atoms with E-state index in [1.54, 1.807) is 0 Å². The van der Waals surface area contributed by atoms with Crippen LogP contribution in [0.25, 0.3) is 0 Å². The van der Waals surface area contributed by atoms with Gasteiger partial charge in [0, 0.05) is 10.2 Å². The minimum atomic E-state index is -0.841. The van der Waals surface area contributed by atoms with Crippen molar-refractivity contribution >= 4 is 33.5 Å². The lowest BCUT2D eigenvalue weighted by Gasteiger charge is -2.41. The number of benzene rings is 1. The molecule has 2 fully saturated rings. The maximum absolute atomic E-state index is 13.0. The molecule has 0 saturated heterocycles. The Labute approximate surface area is 149 Å². The number of rotatable bonds is 4. The zero-order valence-corrected chi connectivity index (χ0v) is 15.0. The highest BCUT2D eigenvalue weighted by Crippen LogP contribution is 2.63. The van der Waals surface area contributed by atoms with Crippen molar-refractivity contribution in [1.29, 1.82) is 0 Å². The number of anilines is 1. The molecule has 0 aliphatic heterocycles. The van der Waals surface area contributed by atoms with Gasteiger partial charge in [-0.2, -0.15) is 0 Å². The molecule has 5 rings (SSSR count). The number of hydrogen-bond donors (Lipinski definition) is 2. The molecule has 2 N–H and O–H groups in total. The monoisotopic (exact) mass is 389 g/mol. The molecule has 4 aliphatic rings. The molecule has 0 aromatic heterocycles. The Bertz CT molecular complexity index is 744. The molecule has 2 bridgehead atoms. The summed E-state index contributed by atoms with van der Waals surface area (Å²) in [5, 5.41) is 12.7. The van der Waals surface area contributed by atoms with Crippen LogP contribution in [-0.4, -0.2) is 17.0 Å². The van der Waals surface area contributed by atoms with Crippen LogP contribution in [0, 0.1) is 35.5 Å². The van der Waals surface area contributed by atoms with Gasteiger partial charge >= 0.3 is 5.97 Å². The number of aryl methyl sites for hydroxylation is 1. The predicted molar refractivity (Wildman–Crippen MR) is 94.5 cm³/mol. The van der Waals surface area contributed by atoms with Gasteiger partial charge < -0.3 is 10.4 Å². The highest BCUT2D eigenvalue weighted by atomic mass is 79.9. The second kappa shape index (κ2) is 5.73. The van der Waals surface area contributed by atoms with Crippen LogP contribution in [0.5, 0.6) is 0 Å². The number of carbonyl (C=O) groups is 2. The number of amides is 1. The van der Waals surface area contributed by atoms with E-state index in [0.717, 1.165) is 28.6 Å². The van der Waals surface area contributed by atoms with Crippen LogP contribution < -0.4 is 5.32 Å². The molecular formula is C19H20BrNO3. The maximum atomic E-state index is 13.0. The summed E-state index contributed by atoms with van der Waals surface area (Å²) in [6.07, 6.45) is 6.00. The van der Waals surface area contributed by atoms with Gasteiger partial charge in [0.25, 0.3) is 0 Å². The third-order valence-electron chi connectivity index (χ3n) is 5.95. The van der Waals surface area contributed by atoms with Gasteiger partial charge in [0.05, 0.1) is 11.8 Å². The van der Waals surface area contributed by atoms with Crippen molar-refractivity contribution < 1.29 is 14.7 Å². The molecule has 4 nitrogen and oxygen atoms in total. The van der Waals surface area contributed by atoms with Crippen molar-refractivity contribution in [2.75, 3.05) is 5.32 Å². The number of carbonyl (C=O) groups excluding carboxylic acids is 1. The smallest absolute Gasteiger partial charge is 0.307 e. The Morgan fingerprint density at radius 1 is 1.21 bits per heavy atom. The molecule has 0 heterocycles. The van der Waals surface area contributed by atoms with Crippen LogP contribution in [0.15, 0.2) is 34.8 Å². The van der Waals surface area contributed by atoms with Gasteiger partial charge in [-0.3, -0.25) is 9.59 Å². The number of fused-ring (bicyclic) bond motifs is 1. The van der Waals surface area contributed by atoms with E-state index >= 15 is 0 Å². The quantitative estimate of drug-likeness (QED) is 0.771. The van der Waals surface area contributed by atoms with Gasteiger partial charge in [-0.25, -0.2) is 0 Å². The van der Waals surface area contributed by atoms with Crippen molar-refractivity contribution in [1.82, 2.24) is 0 Å². The van der Waals surface area contributed by atoms with Crippen molar-refractivity contribution in [2.45, 2.75) is 19.8 Å². The lowest BCUT2D eigenvalue weighted by atomic mass is 9.62. The molecule has 4 aliphatic carbocycles. The van der Waals surface area contributed by atoms with E-state index in [1.807, 2.05) is 31.2 Å². The van der Waals surface area contributed by atoms with Crippen LogP contribution in [0.1, 0.15) is 18.9 Å². The maximum Gasteiger partial charge on any atom is 0.307 e. The molecular weight excluding hydrogens is 370 g/mol. The minimum Gasteiger partial charge on any atom is -0.481 e. The Balaban J connectivity index is 1.62.